The molecule has 0 saturated carbocycles. The molecule has 0 heterocycles. The van der Waals surface area contributed by atoms with E-state index in [-0.39, 0.29) is 47.6 Å². The Morgan fingerprint density at radius 1 is 0.596 bits per heavy atom. The van der Waals surface area contributed by atoms with Gasteiger partial charge in [0, 0.05) is 27.9 Å². The lowest BCUT2D eigenvalue weighted by molar-refractivity contribution is -0.288. The first-order valence-corrected chi connectivity index (χ1v) is 15.7. The number of rotatable bonds is 13. The van der Waals surface area contributed by atoms with Crippen molar-refractivity contribution in [1.82, 2.24) is 0 Å². The topological polar surface area (TPSA) is 170 Å². The van der Waals surface area contributed by atoms with E-state index in [0.717, 1.165) is 6.07 Å². The number of nitrogens with one attached hydrogen (secondary N) is 2. The monoisotopic (exact) mass is 738 g/mol. The number of amides is 1. The molecule has 0 spiro atoms. The Kier molecular flexibility index (Phi) is 11.3. The zero-order valence-electron chi connectivity index (χ0n) is 28.8. The van der Waals surface area contributed by atoms with Gasteiger partial charge in [0.1, 0.15) is 0 Å². The van der Waals surface area contributed by atoms with Crippen LogP contribution in [0.1, 0.15) is 117 Å². The Labute approximate surface area is 293 Å². The van der Waals surface area contributed by atoms with Gasteiger partial charge < -0.3 is 26.0 Å². The molecule has 0 aliphatic rings. The van der Waals surface area contributed by atoms with Crippen molar-refractivity contribution in [2.75, 3.05) is 10.6 Å². The molecule has 5 N–H and O–H groups in total. The number of hydrogen-bond acceptors (Lipinski definition) is 6. The fourth-order valence-electron chi connectivity index (χ4n) is 5.38. The summed E-state index contributed by atoms with van der Waals surface area (Å²) in [5.74, 6) is -7.68. The first kappa shape index (κ1) is 41.0. The van der Waals surface area contributed by atoms with Gasteiger partial charge in [0.25, 0.3) is 5.91 Å². The van der Waals surface area contributed by atoms with Crippen molar-refractivity contribution < 1.29 is 65.6 Å². The van der Waals surface area contributed by atoms with Crippen molar-refractivity contribution >= 4 is 41.0 Å². The van der Waals surface area contributed by atoms with Crippen molar-refractivity contribution in [1.29, 1.82) is 0 Å². The van der Waals surface area contributed by atoms with Gasteiger partial charge in [-0.05, 0) is 80.3 Å². The molecule has 16 heteroatoms. The second kappa shape index (κ2) is 14.3. The number of carbonyl (C=O) groups is 5. The van der Waals surface area contributed by atoms with E-state index in [2.05, 4.69) is 10.6 Å². The van der Waals surface area contributed by atoms with Crippen LogP contribution < -0.4 is 10.6 Å². The fraction of sp³-hybridized carbons (Fsp3) is 0.361. The minimum atomic E-state index is -6.28. The van der Waals surface area contributed by atoms with Crippen LogP contribution in [-0.4, -0.2) is 62.8 Å². The van der Waals surface area contributed by atoms with Crippen molar-refractivity contribution in [2.45, 2.75) is 77.7 Å². The Hall–Kier alpha value is -5.41. The predicted octanol–water partition coefficient (Wildman–Crippen LogP) is 8.66. The summed E-state index contributed by atoms with van der Waals surface area (Å²) in [5.41, 5.74) is -14.7. The molecule has 3 aromatic rings. The maximum absolute atomic E-state index is 15.2. The van der Waals surface area contributed by atoms with Crippen LogP contribution in [0.2, 0.25) is 0 Å². The summed E-state index contributed by atoms with van der Waals surface area (Å²) >= 11 is 0. The van der Waals surface area contributed by atoms with Gasteiger partial charge in [-0.3, -0.25) is 9.59 Å². The van der Waals surface area contributed by atoms with Gasteiger partial charge in [-0.2, -0.15) is 26.3 Å². The third-order valence-corrected chi connectivity index (χ3v) is 9.01. The lowest BCUT2D eigenvalue weighted by Gasteiger charge is -2.39. The Morgan fingerprint density at radius 2 is 1.06 bits per heavy atom. The van der Waals surface area contributed by atoms with Gasteiger partial charge in [-0.1, -0.05) is 39.8 Å². The van der Waals surface area contributed by atoms with Gasteiger partial charge in [0.15, 0.2) is 5.78 Å². The van der Waals surface area contributed by atoms with Crippen LogP contribution in [0, 0.1) is 5.41 Å². The van der Waals surface area contributed by atoms with Crippen LogP contribution in [0.5, 0.6) is 0 Å². The van der Waals surface area contributed by atoms with Crippen LogP contribution in [-0.2, 0) is 5.41 Å². The van der Waals surface area contributed by atoms with Crippen LogP contribution >= 0.6 is 0 Å². The average Bonchev–Trinajstić information content (AvgIpc) is 3.02. The molecule has 0 unspecified atom stereocenters. The smallest absolute Gasteiger partial charge is 0.411 e. The number of benzene rings is 3. The molecule has 1 amide bonds. The number of carbonyl (C=O) groups excluding carboxylic acids is 2. The molecule has 3 rings (SSSR count). The highest BCUT2D eigenvalue weighted by atomic mass is 19.4. The van der Waals surface area contributed by atoms with Crippen LogP contribution in [0.15, 0.2) is 54.6 Å². The van der Waals surface area contributed by atoms with Gasteiger partial charge in [0.2, 0.25) is 5.41 Å². The summed E-state index contributed by atoms with van der Waals surface area (Å²) in [4.78, 5) is 62.9. The molecular formula is C36H36F6N2O8. The van der Waals surface area contributed by atoms with E-state index >= 15 is 26.3 Å². The predicted molar refractivity (Wildman–Crippen MR) is 177 cm³/mol. The number of carboxylic acid groups (broad SMARTS) is 3. The van der Waals surface area contributed by atoms with E-state index in [1.807, 2.05) is 6.92 Å². The number of alkyl halides is 6. The first-order valence-electron chi connectivity index (χ1n) is 15.7. The zero-order valence-corrected chi connectivity index (χ0v) is 28.8. The minimum absolute atomic E-state index is 0.0389. The third kappa shape index (κ3) is 7.90. The Bertz CT molecular complexity index is 1920. The third-order valence-electron chi connectivity index (χ3n) is 9.01. The van der Waals surface area contributed by atoms with E-state index < -0.39 is 91.7 Å². The lowest BCUT2D eigenvalue weighted by Crippen LogP contribution is -2.55. The van der Waals surface area contributed by atoms with E-state index in [9.17, 15) is 39.3 Å². The van der Waals surface area contributed by atoms with Gasteiger partial charge in [-0.25, -0.2) is 14.4 Å². The standard InChI is InChI=1S/C36H36F6N2O8/c1-7-32(3,4)27(45)25-15-19(9-11-23(25)30(49)50)34(35(37,38)39,36(40,41)42)20-10-12-24(31(51)52)26(16-20)28(46)43-21-13-18(29(47)48)14-22(17-21)44-33(5,6)8-2/h9-17,44H,7-8H2,1-6H3,(H,43,46)(H,47,48)(H,49,50)(H,51,52). The highest BCUT2D eigenvalue weighted by Gasteiger charge is 2.72. The number of anilines is 2. The van der Waals surface area contributed by atoms with Crippen molar-refractivity contribution in [3.05, 3.63) is 93.5 Å². The zero-order chi connectivity index (χ0) is 39.8. The SMILES string of the molecule is CCC(C)(C)Nc1cc(NC(=O)c2cc(C(c3ccc(C(=O)O)c(C(=O)C(C)(C)CC)c3)(C(F)(F)F)C(F)(F)F)ccc2C(=O)O)cc(C(=O)O)c1. The fourth-order valence-corrected chi connectivity index (χ4v) is 5.38. The molecule has 0 fully saturated rings. The summed E-state index contributed by atoms with van der Waals surface area (Å²) in [5, 5.41) is 34.3. The van der Waals surface area contributed by atoms with Crippen LogP contribution in [0.3, 0.4) is 0 Å². The number of hydrogen-bond donors (Lipinski definition) is 5. The van der Waals surface area contributed by atoms with E-state index in [0.29, 0.717) is 18.6 Å². The molecule has 0 aromatic heterocycles. The van der Waals surface area contributed by atoms with E-state index in [1.165, 1.54) is 32.9 Å². The molecular weight excluding hydrogens is 702 g/mol. The summed E-state index contributed by atoms with van der Waals surface area (Å²) in [7, 11) is 0. The second-order valence-corrected chi connectivity index (χ2v) is 13.4. The highest BCUT2D eigenvalue weighted by molar-refractivity contribution is 6.11. The Balaban J connectivity index is 2.39. The van der Waals surface area contributed by atoms with Gasteiger partial charge in [0.05, 0.1) is 22.3 Å². The Morgan fingerprint density at radius 3 is 1.48 bits per heavy atom. The molecule has 0 aliphatic heterocycles. The molecule has 0 radical (unpaired) electrons. The minimum Gasteiger partial charge on any atom is -0.478 e. The summed E-state index contributed by atoms with van der Waals surface area (Å²) in [6.45, 7) is 9.55. The van der Waals surface area contributed by atoms with Crippen molar-refractivity contribution in [2.24, 2.45) is 5.41 Å². The van der Waals surface area contributed by atoms with Crippen LogP contribution in [0.4, 0.5) is 37.7 Å². The van der Waals surface area contributed by atoms with Gasteiger partial charge >= 0.3 is 30.3 Å². The number of Topliss-reactive ketones (excluding diaryl/α,β-unsaturated/α-hetero) is 1. The largest absolute Gasteiger partial charge is 0.478 e. The maximum Gasteiger partial charge on any atom is 0.411 e. The van der Waals surface area contributed by atoms with Crippen LogP contribution in [0.25, 0.3) is 0 Å². The molecule has 0 aliphatic carbocycles. The summed E-state index contributed by atoms with van der Waals surface area (Å²) in [6, 6.07) is 5.02. The van der Waals surface area contributed by atoms with Crippen molar-refractivity contribution in [3.63, 3.8) is 0 Å². The molecule has 52 heavy (non-hydrogen) atoms. The molecule has 0 atom stereocenters. The average molecular weight is 739 g/mol. The van der Waals surface area contributed by atoms with Crippen molar-refractivity contribution in [3.8, 4) is 0 Å². The number of aromatic carboxylic acids is 3. The van der Waals surface area contributed by atoms with E-state index in [1.54, 1.807) is 13.8 Å². The number of halogens is 6. The number of carboxylic acids is 3. The molecule has 280 valence electrons. The van der Waals surface area contributed by atoms with Gasteiger partial charge in [-0.15, -0.1) is 0 Å². The highest BCUT2D eigenvalue weighted by Crippen LogP contribution is 2.56. The quantitative estimate of drug-likeness (QED) is 0.0851. The first-order chi connectivity index (χ1) is 23.7. The van der Waals surface area contributed by atoms with E-state index in [4.69, 9.17) is 0 Å². The molecule has 0 bridgehead atoms. The maximum atomic E-state index is 15.2. The molecule has 0 saturated heterocycles. The lowest BCUT2D eigenvalue weighted by atomic mass is 9.70. The molecule has 3 aromatic carbocycles. The second-order valence-electron chi connectivity index (χ2n) is 13.4. The molecule has 10 nitrogen and oxygen atoms in total. The summed E-state index contributed by atoms with van der Waals surface area (Å²) in [6.07, 6.45) is -12.0. The summed E-state index contributed by atoms with van der Waals surface area (Å²) < 4.78 is 91.2. The normalized spacial score (nSPS) is 12.6. The number of ketones is 1.